The van der Waals surface area contributed by atoms with E-state index in [1.54, 1.807) is 0 Å². The highest BCUT2D eigenvalue weighted by molar-refractivity contribution is 6.22. The molecule has 3 aromatic rings. The molecular weight excluding hydrogens is 345 g/mol. The van der Waals surface area contributed by atoms with E-state index < -0.39 is 11.9 Å². The van der Waals surface area contributed by atoms with Crippen molar-refractivity contribution in [3.63, 3.8) is 0 Å². The monoisotopic (exact) mass is 365 g/mol. The number of aryl methyl sites for hydroxylation is 1. The zero-order valence-corrected chi connectivity index (χ0v) is 15.0. The van der Waals surface area contributed by atoms with Gasteiger partial charge in [0.1, 0.15) is 5.82 Å². The summed E-state index contributed by atoms with van der Waals surface area (Å²) in [6.07, 6.45) is 2.85. The molecule has 0 spiro atoms. The summed E-state index contributed by atoms with van der Waals surface area (Å²) in [4.78, 5) is 29.2. The molecule has 1 saturated heterocycles. The van der Waals surface area contributed by atoms with E-state index in [1.165, 1.54) is 40.8 Å². The summed E-state index contributed by atoms with van der Waals surface area (Å²) in [5.41, 5.74) is 3.86. The van der Waals surface area contributed by atoms with Crippen molar-refractivity contribution in [1.29, 1.82) is 0 Å². The maximum absolute atomic E-state index is 13.1. The molecule has 1 atom stereocenters. The third kappa shape index (κ3) is 3.36. The standard InChI is InChI=1S/C21H20FN3O2/c1-13-2-7-18-17(10-13)14(12-24-18)8-9-23-19-11-20(26)25(21(19)27)16-5-3-15(22)4-6-16/h2-7,10,12,19,23-24H,8-9,11H2,1H3. The minimum atomic E-state index is -0.547. The Hall–Kier alpha value is -2.99. The van der Waals surface area contributed by atoms with E-state index in [1.807, 2.05) is 6.20 Å². The summed E-state index contributed by atoms with van der Waals surface area (Å²) in [7, 11) is 0. The van der Waals surface area contributed by atoms with Gasteiger partial charge in [-0.1, -0.05) is 11.6 Å². The molecule has 0 radical (unpaired) electrons. The number of imide groups is 1. The normalized spacial score (nSPS) is 17.3. The van der Waals surface area contributed by atoms with E-state index in [4.69, 9.17) is 0 Å². The molecule has 1 aliphatic heterocycles. The fourth-order valence-electron chi connectivity index (χ4n) is 3.53. The fraction of sp³-hybridized carbons (Fsp3) is 0.238. The predicted molar refractivity (Wildman–Crippen MR) is 102 cm³/mol. The van der Waals surface area contributed by atoms with E-state index in [0.717, 1.165) is 16.8 Å². The number of anilines is 1. The first kappa shape index (κ1) is 17.4. The Bertz CT molecular complexity index is 1010. The van der Waals surface area contributed by atoms with Crippen LogP contribution in [0.15, 0.2) is 48.7 Å². The molecule has 1 aromatic heterocycles. The van der Waals surface area contributed by atoms with Crippen LogP contribution >= 0.6 is 0 Å². The first-order valence-corrected chi connectivity index (χ1v) is 8.95. The van der Waals surface area contributed by atoms with Crippen LogP contribution in [0.2, 0.25) is 0 Å². The van der Waals surface area contributed by atoms with Crippen molar-refractivity contribution in [1.82, 2.24) is 10.3 Å². The molecule has 0 aliphatic carbocycles. The largest absolute Gasteiger partial charge is 0.361 e. The Labute approximate surface area is 156 Å². The molecular formula is C21H20FN3O2. The minimum absolute atomic E-state index is 0.114. The van der Waals surface area contributed by atoms with Gasteiger partial charge in [0.2, 0.25) is 5.91 Å². The van der Waals surface area contributed by atoms with Crippen molar-refractivity contribution < 1.29 is 14.0 Å². The molecule has 2 amide bonds. The maximum atomic E-state index is 13.1. The number of benzene rings is 2. The zero-order valence-electron chi connectivity index (χ0n) is 15.0. The molecule has 138 valence electrons. The number of aromatic amines is 1. The molecule has 5 nitrogen and oxygen atoms in total. The van der Waals surface area contributed by atoms with Gasteiger partial charge in [0, 0.05) is 23.6 Å². The number of rotatable bonds is 5. The SMILES string of the molecule is Cc1ccc2[nH]cc(CCNC3CC(=O)N(c4ccc(F)cc4)C3=O)c2c1. The molecule has 2 N–H and O–H groups in total. The number of halogens is 1. The molecule has 1 aliphatic rings. The first-order chi connectivity index (χ1) is 13.0. The Morgan fingerprint density at radius 3 is 2.74 bits per heavy atom. The second-order valence-corrected chi connectivity index (χ2v) is 6.87. The second-order valence-electron chi connectivity index (χ2n) is 6.87. The third-order valence-corrected chi connectivity index (χ3v) is 4.94. The topological polar surface area (TPSA) is 65.2 Å². The zero-order chi connectivity index (χ0) is 19.0. The van der Waals surface area contributed by atoms with Crippen LogP contribution in [-0.4, -0.2) is 29.4 Å². The summed E-state index contributed by atoms with van der Waals surface area (Å²) < 4.78 is 13.1. The molecule has 2 aromatic carbocycles. The van der Waals surface area contributed by atoms with Gasteiger partial charge in [0.25, 0.3) is 5.91 Å². The molecule has 0 saturated carbocycles. The highest BCUT2D eigenvalue weighted by Crippen LogP contribution is 2.24. The molecule has 27 heavy (non-hydrogen) atoms. The number of carbonyl (C=O) groups excluding carboxylic acids is 2. The summed E-state index contributed by atoms with van der Waals surface area (Å²) >= 11 is 0. The van der Waals surface area contributed by atoms with Gasteiger partial charge in [-0.05, 0) is 55.3 Å². The lowest BCUT2D eigenvalue weighted by Gasteiger charge is -2.15. The van der Waals surface area contributed by atoms with Gasteiger partial charge in [-0.15, -0.1) is 0 Å². The van der Waals surface area contributed by atoms with Crippen LogP contribution in [0.25, 0.3) is 10.9 Å². The average molecular weight is 365 g/mol. The van der Waals surface area contributed by atoms with E-state index in [0.29, 0.717) is 12.2 Å². The van der Waals surface area contributed by atoms with Crippen LogP contribution in [0.3, 0.4) is 0 Å². The van der Waals surface area contributed by atoms with E-state index >= 15 is 0 Å². The summed E-state index contributed by atoms with van der Waals surface area (Å²) in [5, 5.41) is 4.37. The Morgan fingerprint density at radius 2 is 1.96 bits per heavy atom. The highest BCUT2D eigenvalue weighted by atomic mass is 19.1. The van der Waals surface area contributed by atoms with Gasteiger partial charge >= 0.3 is 0 Å². The van der Waals surface area contributed by atoms with Crippen molar-refractivity contribution in [3.05, 3.63) is 65.6 Å². The number of amides is 2. The second kappa shape index (κ2) is 6.96. The lowest BCUT2D eigenvalue weighted by molar-refractivity contribution is -0.121. The van der Waals surface area contributed by atoms with Gasteiger partial charge in [0.05, 0.1) is 18.2 Å². The molecule has 4 rings (SSSR count). The van der Waals surface area contributed by atoms with E-state index in [-0.39, 0.29) is 18.2 Å². The van der Waals surface area contributed by atoms with Crippen LogP contribution < -0.4 is 10.2 Å². The summed E-state index contributed by atoms with van der Waals surface area (Å²) in [6, 6.07) is 11.1. The van der Waals surface area contributed by atoms with Crippen molar-refractivity contribution in [2.24, 2.45) is 0 Å². The van der Waals surface area contributed by atoms with Gasteiger partial charge < -0.3 is 10.3 Å². The number of nitrogens with one attached hydrogen (secondary N) is 2. The van der Waals surface area contributed by atoms with Crippen LogP contribution in [0.4, 0.5) is 10.1 Å². The van der Waals surface area contributed by atoms with Crippen LogP contribution in [0.1, 0.15) is 17.5 Å². The van der Waals surface area contributed by atoms with Crippen LogP contribution in [0.5, 0.6) is 0 Å². The number of carbonyl (C=O) groups is 2. The average Bonchev–Trinajstić information content (AvgIpc) is 3.17. The third-order valence-electron chi connectivity index (χ3n) is 4.94. The lowest BCUT2D eigenvalue weighted by Crippen LogP contribution is -2.39. The Kier molecular flexibility index (Phi) is 4.49. The van der Waals surface area contributed by atoms with Gasteiger partial charge in [-0.3, -0.25) is 9.59 Å². The number of fused-ring (bicyclic) bond motifs is 1. The number of H-pyrrole nitrogens is 1. The molecule has 1 unspecified atom stereocenters. The first-order valence-electron chi connectivity index (χ1n) is 8.95. The fourth-order valence-corrected chi connectivity index (χ4v) is 3.53. The van der Waals surface area contributed by atoms with Gasteiger partial charge in [-0.25, -0.2) is 9.29 Å². The Morgan fingerprint density at radius 1 is 1.19 bits per heavy atom. The molecule has 6 heteroatoms. The summed E-state index contributed by atoms with van der Waals surface area (Å²) in [6.45, 7) is 2.64. The van der Waals surface area contributed by atoms with Crippen molar-refractivity contribution in [2.45, 2.75) is 25.8 Å². The van der Waals surface area contributed by atoms with Crippen molar-refractivity contribution in [2.75, 3.05) is 11.4 Å². The van der Waals surface area contributed by atoms with Crippen molar-refractivity contribution >= 4 is 28.4 Å². The van der Waals surface area contributed by atoms with Gasteiger partial charge in [-0.2, -0.15) is 0 Å². The quantitative estimate of drug-likeness (QED) is 0.683. The highest BCUT2D eigenvalue weighted by Gasteiger charge is 2.39. The van der Waals surface area contributed by atoms with Crippen LogP contribution in [0, 0.1) is 12.7 Å². The summed E-state index contributed by atoms with van der Waals surface area (Å²) in [5.74, 6) is -0.963. The number of nitrogens with zero attached hydrogens (tertiary/aromatic N) is 1. The number of aromatic nitrogens is 1. The smallest absolute Gasteiger partial charge is 0.251 e. The lowest BCUT2D eigenvalue weighted by atomic mass is 10.1. The number of hydrogen-bond donors (Lipinski definition) is 2. The van der Waals surface area contributed by atoms with Crippen molar-refractivity contribution in [3.8, 4) is 0 Å². The van der Waals surface area contributed by atoms with E-state index in [2.05, 4.69) is 35.4 Å². The molecule has 2 heterocycles. The molecule has 0 bridgehead atoms. The van der Waals surface area contributed by atoms with Gasteiger partial charge in [0.15, 0.2) is 0 Å². The molecule has 1 fully saturated rings. The van der Waals surface area contributed by atoms with E-state index in [9.17, 15) is 14.0 Å². The number of hydrogen-bond acceptors (Lipinski definition) is 3. The minimum Gasteiger partial charge on any atom is -0.361 e. The maximum Gasteiger partial charge on any atom is 0.251 e. The predicted octanol–water partition coefficient (Wildman–Crippen LogP) is 3.08. The van der Waals surface area contributed by atoms with Crippen LogP contribution in [-0.2, 0) is 16.0 Å². The Balaban J connectivity index is 1.41.